The van der Waals surface area contributed by atoms with Crippen LogP contribution in [0.4, 0.5) is 4.79 Å². The fourth-order valence-corrected chi connectivity index (χ4v) is 3.39. The molecule has 45 heavy (non-hydrogen) atoms. The Morgan fingerprint density at radius 1 is 0.467 bits per heavy atom. The molecule has 1 amide bonds. The third-order valence-corrected chi connectivity index (χ3v) is 5.64. The van der Waals surface area contributed by atoms with Gasteiger partial charge in [-0.3, -0.25) is 4.79 Å². The molecule has 0 aromatic heterocycles. The smallest absolute Gasteiger partial charge is 0.407 e. The first-order valence-electron chi connectivity index (χ1n) is 14.9. The van der Waals surface area contributed by atoms with Crippen molar-refractivity contribution in [3.63, 3.8) is 0 Å². The summed E-state index contributed by atoms with van der Waals surface area (Å²) in [7, 11) is 0. The van der Waals surface area contributed by atoms with Crippen molar-refractivity contribution in [2.45, 2.75) is 6.61 Å². The number of amides is 1. The molecule has 0 aliphatic carbocycles. The van der Waals surface area contributed by atoms with Crippen LogP contribution in [0.25, 0.3) is 0 Å². The number of hydrogen-bond acceptors (Lipinski definition) is 12. The lowest BCUT2D eigenvalue weighted by Gasteiger charge is -2.09. The lowest BCUT2D eigenvalue weighted by atomic mass is 10.1. The Labute approximate surface area is 264 Å². The van der Waals surface area contributed by atoms with Gasteiger partial charge < -0.3 is 47.9 Å². The van der Waals surface area contributed by atoms with E-state index >= 15 is 0 Å². The number of Topliss-reactive ketones (excluding diaryl/α,β-unsaturated/α-hetero) is 1. The molecule has 0 fully saturated rings. The zero-order valence-corrected chi connectivity index (χ0v) is 25.7. The van der Waals surface area contributed by atoms with Gasteiger partial charge in [0.05, 0.1) is 92.5 Å². The van der Waals surface area contributed by atoms with Gasteiger partial charge >= 0.3 is 12.1 Å². The second kappa shape index (κ2) is 26.9. The molecule has 0 atom stereocenters. The van der Waals surface area contributed by atoms with Gasteiger partial charge in [0.15, 0.2) is 0 Å². The van der Waals surface area contributed by atoms with Crippen LogP contribution in [0.1, 0.15) is 15.9 Å². The van der Waals surface area contributed by atoms with Crippen molar-refractivity contribution in [2.24, 2.45) is 0 Å². The number of esters is 1. The van der Waals surface area contributed by atoms with E-state index in [0.29, 0.717) is 98.0 Å². The molecule has 0 unspecified atom stereocenters. The van der Waals surface area contributed by atoms with Crippen molar-refractivity contribution in [3.05, 3.63) is 71.8 Å². The van der Waals surface area contributed by atoms with Gasteiger partial charge in [0.2, 0.25) is 0 Å². The Bertz CT molecular complexity index is 1030. The van der Waals surface area contributed by atoms with Gasteiger partial charge in [-0.15, -0.1) is 0 Å². The first kappa shape index (κ1) is 37.8. The number of rotatable bonds is 28. The summed E-state index contributed by atoms with van der Waals surface area (Å²) in [6, 6.07) is 17.7. The monoisotopic (exact) mass is 635 g/mol. The highest BCUT2D eigenvalue weighted by Crippen LogP contribution is 2.02. The van der Waals surface area contributed by atoms with E-state index in [1.807, 2.05) is 30.3 Å². The average molecular weight is 636 g/mol. The summed E-state index contributed by atoms with van der Waals surface area (Å²) in [4.78, 5) is 35.2. The van der Waals surface area contributed by atoms with Gasteiger partial charge in [-0.2, -0.15) is 0 Å². The number of benzene rings is 2. The van der Waals surface area contributed by atoms with Gasteiger partial charge in [0.25, 0.3) is 5.78 Å². The summed E-state index contributed by atoms with van der Waals surface area (Å²) in [6.07, 6.45) is -0.479. The van der Waals surface area contributed by atoms with Crippen LogP contribution in [-0.4, -0.2) is 123 Å². The van der Waals surface area contributed by atoms with Crippen molar-refractivity contribution in [1.82, 2.24) is 5.32 Å². The van der Waals surface area contributed by atoms with Gasteiger partial charge in [-0.05, 0) is 5.56 Å². The summed E-state index contributed by atoms with van der Waals surface area (Å²) in [5.41, 5.74) is 1.22. The minimum atomic E-state index is -0.901. The molecule has 0 heterocycles. The Morgan fingerprint density at radius 2 is 0.867 bits per heavy atom. The van der Waals surface area contributed by atoms with Crippen molar-refractivity contribution in [3.8, 4) is 0 Å². The Morgan fingerprint density at radius 3 is 1.33 bits per heavy atom. The van der Waals surface area contributed by atoms with Gasteiger partial charge in [0.1, 0.15) is 13.2 Å². The minimum Gasteiger partial charge on any atom is -0.457 e. The second-order valence-corrected chi connectivity index (χ2v) is 9.11. The van der Waals surface area contributed by atoms with Gasteiger partial charge in [0, 0.05) is 12.1 Å². The van der Waals surface area contributed by atoms with E-state index in [-0.39, 0.29) is 19.8 Å². The summed E-state index contributed by atoms with van der Waals surface area (Å²) in [5, 5.41) is 2.63. The topological polar surface area (TPSA) is 146 Å². The van der Waals surface area contributed by atoms with Crippen molar-refractivity contribution < 1.29 is 57.0 Å². The number of hydrogen-bond donors (Lipinski definition) is 1. The highest BCUT2D eigenvalue weighted by atomic mass is 16.6. The van der Waals surface area contributed by atoms with Crippen LogP contribution in [0.2, 0.25) is 0 Å². The molecular weight excluding hydrogens is 590 g/mol. The van der Waals surface area contributed by atoms with E-state index in [0.717, 1.165) is 5.56 Å². The highest BCUT2D eigenvalue weighted by molar-refractivity contribution is 6.40. The van der Waals surface area contributed by atoms with E-state index in [4.69, 9.17) is 42.6 Å². The van der Waals surface area contributed by atoms with E-state index in [9.17, 15) is 14.4 Å². The van der Waals surface area contributed by atoms with Gasteiger partial charge in [-0.1, -0.05) is 60.7 Å². The fourth-order valence-electron chi connectivity index (χ4n) is 3.39. The molecule has 13 nitrogen and oxygen atoms in total. The van der Waals surface area contributed by atoms with Crippen LogP contribution in [0, 0.1) is 0 Å². The molecule has 13 heteroatoms. The van der Waals surface area contributed by atoms with Crippen molar-refractivity contribution >= 4 is 17.8 Å². The van der Waals surface area contributed by atoms with Crippen molar-refractivity contribution in [2.75, 3.05) is 106 Å². The molecule has 2 rings (SSSR count). The van der Waals surface area contributed by atoms with E-state index < -0.39 is 17.8 Å². The number of carbonyl (C=O) groups is 3. The minimum absolute atomic E-state index is 0.00744. The molecule has 0 aliphatic heterocycles. The van der Waals surface area contributed by atoms with E-state index in [1.54, 1.807) is 30.3 Å². The zero-order valence-electron chi connectivity index (χ0n) is 25.7. The first-order valence-corrected chi connectivity index (χ1v) is 14.9. The molecule has 250 valence electrons. The molecule has 1 N–H and O–H groups in total. The van der Waals surface area contributed by atoms with Crippen LogP contribution >= 0.6 is 0 Å². The van der Waals surface area contributed by atoms with Crippen LogP contribution < -0.4 is 5.32 Å². The largest absolute Gasteiger partial charge is 0.457 e. The molecule has 2 aromatic rings. The van der Waals surface area contributed by atoms with Crippen LogP contribution in [0.3, 0.4) is 0 Å². The summed E-state index contributed by atoms with van der Waals surface area (Å²) in [6.45, 7) is 6.23. The predicted octanol–water partition coefficient (Wildman–Crippen LogP) is 2.46. The van der Waals surface area contributed by atoms with Crippen LogP contribution in [-0.2, 0) is 54.0 Å². The summed E-state index contributed by atoms with van der Waals surface area (Å²) >= 11 is 0. The molecule has 0 radical (unpaired) electrons. The second-order valence-electron chi connectivity index (χ2n) is 9.11. The number of nitrogens with one attached hydrogen (secondary N) is 1. The standard InChI is InChI=1S/C32H45NO12/c34-30(29-9-5-2-6-10-29)31(35)44-26-25-43-24-23-42-22-21-41-20-19-40-18-17-39-16-15-38-14-13-37-12-11-33-32(36)45-27-28-7-3-1-4-8-28/h1-10H,11-27H2,(H,33,36). The Kier molecular flexibility index (Phi) is 22.6. The van der Waals surface area contributed by atoms with E-state index in [1.165, 1.54) is 0 Å². The maximum Gasteiger partial charge on any atom is 0.407 e. The maximum atomic E-state index is 11.9. The molecular formula is C32H45NO12. The zero-order chi connectivity index (χ0) is 32.0. The lowest BCUT2D eigenvalue weighted by Crippen LogP contribution is -2.28. The molecule has 0 bridgehead atoms. The molecule has 0 saturated carbocycles. The number of ketones is 1. The van der Waals surface area contributed by atoms with E-state index in [2.05, 4.69) is 5.32 Å². The average Bonchev–Trinajstić information content (AvgIpc) is 3.07. The fraction of sp³-hybridized carbons (Fsp3) is 0.531. The third-order valence-electron chi connectivity index (χ3n) is 5.64. The maximum absolute atomic E-state index is 11.9. The quantitative estimate of drug-likeness (QED) is 0.0634. The molecule has 0 aliphatic rings. The lowest BCUT2D eigenvalue weighted by molar-refractivity contribution is -0.139. The van der Waals surface area contributed by atoms with Crippen molar-refractivity contribution in [1.29, 1.82) is 0 Å². The normalized spacial score (nSPS) is 10.8. The highest BCUT2D eigenvalue weighted by Gasteiger charge is 2.17. The Balaban J connectivity index is 1.20. The van der Waals surface area contributed by atoms with Crippen LogP contribution in [0.15, 0.2) is 60.7 Å². The number of alkyl carbamates (subject to hydrolysis) is 1. The summed E-state index contributed by atoms with van der Waals surface area (Å²) < 4.78 is 47.9. The molecule has 0 saturated heterocycles. The third kappa shape index (κ3) is 21.0. The first-order chi connectivity index (χ1) is 22.2. The SMILES string of the molecule is O=C(NCCOCCOCCOCCOCCOCCOCCOCCOC(=O)C(=O)c1ccccc1)OCc1ccccc1. The van der Waals surface area contributed by atoms with Crippen LogP contribution in [0.5, 0.6) is 0 Å². The predicted molar refractivity (Wildman–Crippen MR) is 162 cm³/mol. The Hall–Kier alpha value is -3.43. The molecule has 0 spiro atoms. The summed E-state index contributed by atoms with van der Waals surface area (Å²) in [5.74, 6) is -1.58. The molecule has 2 aromatic carbocycles. The number of ether oxygens (including phenoxy) is 9. The number of carbonyl (C=O) groups excluding carboxylic acids is 3. The van der Waals surface area contributed by atoms with Gasteiger partial charge in [-0.25, -0.2) is 9.59 Å².